The van der Waals surface area contributed by atoms with Crippen LogP contribution in [0, 0.1) is 0 Å². The summed E-state index contributed by atoms with van der Waals surface area (Å²) < 4.78 is 32.4. The zero-order valence-electron chi connectivity index (χ0n) is 15.0. The Balaban J connectivity index is 1.78. The van der Waals surface area contributed by atoms with E-state index in [4.69, 9.17) is 10.2 Å². The molecular weight excluding hydrogens is 364 g/mol. The van der Waals surface area contributed by atoms with E-state index in [1.54, 1.807) is 18.3 Å². The molecule has 0 unspecified atom stereocenters. The summed E-state index contributed by atoms with van der Waals surface area (Å²) in [7, 11) is -1.65. The summed E-state index contributed by atoms with van der Waals surface area (Å²) in [4.78, 5) is 4.48. The third-order valence-electron chi connectivity index (χ3n) is 3.97. The van der Waals surface area contributed by atoms with Gasteiger partial charge in [-0.1, -0.05) is 24.3 Å². The van der Waals surface area contributed by atoms with Gasteiger partial charge in [-0.3, -0.25) is 0 Å². The van der Waals surface area contributed by atoms with Gasteiger partial charge in [-0.05, 0) is 36.9 Å². The van der Waals surface area contributed by atoms with Crippen molar-refractivity contribution in [1.82, 2.24) is 15.0 Å². The van der Waals surface area contributed by atoms with Crippen molar-refractivity contribution in [1.29, 1.82) is 0 Å². The lowest BCUT2D eigenvalue weighted by atomic mass is 10.1. The Hall–Kier alpha value is -2.52. The number of nitrogens with zero attached hydrogens (tertiary/aromatic N) is 1. The fourth-order valence-electron chi connectivity index (χ4n) is 2.59. The Morgan fingerprint density at radius 2 is 1.70 bits per heavy atom. The second kappa shape index (κ2) is 8.45. The minimum Gasteiger partial charge on any atom is -0.436 e. The van der Waals surface area contributed by atoms with E-state index in [-0.39, 0.29) is 18.0 Å². The number of nitrogens with two attached hydrogens (primary N) is 1. The largest absolute Gasteiger partial charge is 0.436 e. The highest BCUT2D eigenvalue weighted by molar-refractivity contribution is 7.89. The highest BCUT2D eigenvalue weighted by Crippen LogP contribution is 2.27. The van der Waals surface area contributed by atoms with Gasteiger partial charge in [0.2, 0.25) is 15.9 Å². The summed E-state index contributed by atoms with van der Waals surface area (Å²) in [5, 5.41) is 3.11. The summed E-state index contributed by atoms with van der Waals surface area (Å²) in [5.74, 6) is 1.09. The molecule has 8 heteroatoms. The average molecular weight is 386 g/mol. The summed E-state index contributed by atoms with van der Waals surface area (Å²) in [5.41, 5.74) is 8.15. The van der Waals surface area contributed by atoms with E-state index in [1.807, 2.05) is 31.3 Å². The molecular formula is C19H22N4O3S. The normalized spacial score (nSPS) is 11.6. The quantitative estimate of drug-likeness (QED) is 0.546. The molecule has 0 spiro atoms. The van der Waals surface area contributed by atoms with Gasteiger partial charge < -0.3 is 15.5 Å². The molecule has 0 aliphatic rings. The van der Waals surface area contributed by atoms with E-state index in [0.29, 0.717) is 17.2 Å². The van der Waals surface area contributed by atoms with E-state index >= 15 is 0 Å². The molecule has 0 saturated carbocycles. The third-order valence-corrected chi connectivity index (χ3v) is 5.45. The number of aromatic nitrogens is 1. The molecule has 0 saturated heterocycles. The molecule has 0 fully saturated rings. The summed E-state index contributed by atoms with van der Waals surface area (Å²) in [6, 6.07) is 14.4. The van der Waals surface area contributed by atoms with Crippen LogP contribution in [0.5, 0.6) is 0 Å². The molecule has 3 aromatic rings. The fraction of sp³-hybridized carbons (Fsp3) is 0.211. The molecule has 27 heavy (non-hydrogen) atoms. The fourth-order valence-corrected chi connectivity index (χ4v) is 3.63. The number of rotatable bonds is 8. The van der Waals surface area contributed by atoms with Crippen molar-refractivity contribution >= 4 is 10.0 Å². The second-order valence-electron chi connectivity index (χ2n) is 5.97. The standard InChI is InChI=1S/C19H22N4O3S/c1-21-12-14-2-4-15(5-3-14)18-13-22-19(26-18)16-6-8-17(9-7-16)27(24,25)23-11-10-20/h2-9,13,21,23H,10-12,20H2,1H3. The Labute approximate surface area is 158 Å². The van der Waals surface area contributed by atoms with Crippen molar-refractivity contribution in [3.63, 3.8) is 0 Å². The van der Waals surface area contributed by atoms with Crippen LogP contribution in [-0.2, 0) is 16.6 Å². The maximum atomic E-state index is 12.1. The first kappa shape index (κ1) is 19.2. The Morgan fingerprint density at radius 1 is 1.04 bits per heavy atom. The number of hydrogen-bond acceptors (Lipinski definition) is 6. The topological polar surface area (TPSA) is 110 Å². The maximum absolute atomic E-state index is 12.1. The monoisotopic (exact) mass is 386 g/mol. The van der Waals surface area contributed by atoms with Gasteiger partial charge in [-0.2, -0.15) is 0 Å². The van der Waals surface area contributed by atoms with Gasteiger partial charge in [0.15, 0.2) is 5.76 Å². The third kappa shape index (κ3) is 4.61. The maximum Gasteiger partial charge on any atom is 0.240 e. The van der Waals surface area contributed by atoms with Crippen LogP contribution in [0.25, 0.3) is 22.8 Å². The Bertz CT molecular complexity index is 981. The predicted octanol–water partition coefficient (Wildman–Crippen LogP) is 1.96. The lowest BCUT2D eigenvalue weighted by molar-refractivity contribution is 0.581. The Morgan fingerprint density at radius 3 is 2.33 bits per heavy atom. The van der Waals surface area contributed by atoms with Crippen molar-refractivity contribution in [2.45, 2.75) is 11.4 Å². The van der Waals surface area contributed by atoms with Crippen LogP contribution in [-0.4, -0.2) is 33.5 Å². The predicted molar refractivity (Wildman–Crippen MR) is 104 cm³/mol. The second-order valence-corrected chi connectivity index (χ2v) is 7.73. The van der Waals surface area contributed by atoms with Gasteiger partial charge in [0.1, 0.15) is 0 Å². The van der Waals surface area contributed by atoms with Crippen molar-refractivity contribution < 1.29 is 12.8 Å². The van der Waals surface area contributed by atoms with Crippen molar-refractivity contribution in [2.24, 2.45) is 5.73 Å². The molecule has 0 amide bonds. The highest BCUT2D eigenvalue weighted by Gasteiger charge is 2.14. The minimum absolute atomic E-state index is 0.173. The van der Waals surface area contributed by atoms with Crippen LogP contribution in [0.15, 0.2) is 64.0 Å². The summed E-state index contributed by atoms with van der Waals surface area (Å²) >= 11 is 0. The minimum atomic E-state index is -3.55. The van der Waals surface area contributed by atoms with Gasteiger partial charge >= 0.3 is 0 Å². The first-order valence-electron chi connectivity index (χ1n) is 8.53. The van der Waals surface area contributed by atoms with E-state index in [9.17, 15) is 8.42 Å². The van der Waals surface area contributed by atoms with Crippen LogP contribution in [0.4, 0.5) is 0 Å². The lowest BCUT2D eigenvalue weighted by Gasteiger charge is -2.05. The number of hydrogen-bond donors (Lipinski definition) is 3. The highest BCUT2D eigenvalue weighted by atomic mass is 32.2. The van der Waals surface area contributed by atoms with Gasteiger partial charge in [-0.15, -0.1) is 0 Å². The van der Waals surface area contributed by atoms with Crippen LogP contribution in [0.1, 0.15) is 5.56 Å². The summed E-state index contributed by atoms with van der Waals surface area (Å²) in [6.45, 7) is 1.24. The van der Waals surface area contributed by atoms with Crippen LogP contribution in [0.3, 0.4) is 0 Å². The van der Waals surface area contributed by atoms with Gasteiger partial charge in [0.05, 0.1) is 11.1 Å². The van der Waals surface area contributed by atoms with Crippen molar-refractivity contribution in [3.8, 4) is 22.8 Å². The van der Waals surface area contributed by atoms with Crippen molar-refractivity contribution in [2.75, 3.05) is 20.1 Å². The molecule has 0 aliphatic carbocycles. The molecule has 1 heterocycles. The van der Waals surface area contributed by atoms with Crippen molar-refractivity contribution in [3.05, 3.63) is 60.3 Å². The molecule has 2 aromatic carbocycles. The molecule has 1 aromatic heterocycles. The Kier molecular flexibility index (Phi) is 6.02. The number of benzene rings is 2. The van der Waals surface area contributed by atoms with Gasteiger partial charge in [0, 0.05) is 30.8 Å². The van der Waals surface area contributed by atoms with Gasteiger partial charge in [0.25, 0.3) is 0 Å². The molecule has 4 N–H and O–H groups in total. The molecule has 0 radical (unpaired) electrons. The first-order valence-corrected chi connectivity index (χ1v) is 10.0. The molecule has 0 aliphatic heterocycles. The zero-order chi connectivity index (χ0) is 19.3. The number of sulfonamides is 1. The molecule has 142 valence electrons. The molecule has 0 bridgehead atoms. The zero-order valence-corrected chi connectivity index (χ0v) is 15.8. The number of nitrogens with one attached hydrogen (secondary N) is 2. The van der Waals surface area contributed by atoms with Crippen LogP contribution >= 0.6 is 0 Å². The average Bonchev–Trinajstić information content (AvgIpc) is 3.18. The molecule has 0 atom stereocenters. The van der Waals surface area contributed by atoms with E-state index in [1.165, 1.54) is 17.7 Å². The van der Waals surface area contributed by atoms with E-state index < -0.39 is 10.0 Å². The van der Waals surface area contributed by atoms with E-state index in [2.05, 4.69) is 15.0 Å². The molecule has 3 rings (SSSR count). The van der Waals surface area contributed by atoms with E-state index in [0.717, 1.165) is 12.1 Å². The number of oxazole rings is 1. The lowest BCUT2D eigenvalue weighted by Crippen LogP contribution is -2.29. The smallest absolute Gasteiger partial charge is 0.240 e. The van der Waals surface area contributed by atoms with Gasteiger partial charge in [-0.25, -0.2) is 18.1 Å². The SMILES string of the molecule is CNCc1ccc(-c2cnc(-c3ccc(S(=O)(=O)NCCN)cc3)o2)cc1. The first-order chi connectivity index (χ1) is 13.0. The summed E-state index contributed by atoms with van der Waals surface area (Å²) in [6.07, 6.45) is 1.66. The van der Waals surface area contributed by atoms with Crippen LogP contribution in [0.2, 0.25) is 0 Å². The van der Waals surface area contributed by atoms with Crippen LogP contribution < -0.4 is 15.8 Å². The molecule has 7 nitrogen and oxygen atoms in total.